The van der Waals surface area contributed by atoms with Crippen LogP contribution in [0.4, 0.5) is 0 Å². The molecule has 2 aliphatic rings. The molecule has 2 rings (SSSR count). The van der Waals surface area contributed by atoms with Crippen molar-refractivity contribution in [2.75, 3.05) is 0 Å². The van der Waals surface area contributed by atoms with Gasteiger partial charge in [0.25, 0.3) is 0 Å². The van der Waals surface area contributed by atoms with Crippen LogP contribution in [0.1, 0.15) is 47.5 Å². The number of hydrogen-bond donors (Lipinski definition) is 0. The number of allylic oxidation sites excluding steroid dienone is 8. The maximum atomic E-state index is 3.34. The maximum absolute atomic E-state index is 3.34. The van der Waals surface area contributed by atoms with Crippen molar-refractivity contribution in [1.82, 2.24) is 0 Å². The second kappa shape index (κ2) is 13.3. The van der Waals surface area contributed by atoms with Gasteiger partial charge in [-0.1, -0.05) is 20.8 Å². The summed E-state index contributed by atoms with van der Waals surface area (Å²) in [5.74, 6) is 0. The van der Waals surface area contributed by atoms with Gasteiger partial charge in [0, 0.05) is 0 Å². The van der Waals surface area contributed by atoms with Gasteiger partial charge in [-0.15, -0.1) is 26.7 Å². The van der Waals surface area contributed by atoms with Crippen LogP contribution in [-0.4, -0.2) is 4.21 Å². The first-order valence-corrected chi connectivity index (χ1v) is 7.60. The second-order valence-electron chi connectivity index (χ2n) is 4.28. The van der Waals surface area contributed by atoms with E-state index < -0.39 is 0 Å². The largest absolute Gasteiger partial charge is 1.00 e. The molecule has 0 saturated carbocycles. The third-order valence-electron chi connectivity index (χ3n) is 3.19. The Hall–Kier alpha value is 0.293. The van der Waals surface area contributed by atoms with Crippen LogP contribution in [0.2, 0.25) is 0 Å². The number of halogens is 2. The molecular weight excluding hydrogens is 354 g/mol. The van der Waals surface area contributed by atoms with Crippen molar-refractivity contribution in [3.05, 3.63) is 46.1 Å². The molecule has 0 fully saturated rings. The first kappa shape index (κ1) is 24.3. The molecule has 0 nitrogen and oxygen atoms in total. The predicted molar refractivity (Wildman–Crippen MR) is 73.3 cm³/mol. The molecular formula is C16H22Cl2Zr-2. The molecule has 0 aromatic heterocycles. The van der Waals surface area contributed by atoms with E-state index in [1.54, 1.807) is 0 Å². The summed E-state index contributed by atoms with van der Waals surface area (Å²) in [6, 6.07) is 0. The van der Waals surface area contributed by atoms with Crippen molar-refractivity contribution < 1.29 is 49.0 Å². The SMILES string of the molecule is CC1=[C-]CC(C)=C1C.CC1=[C-]CC=C1C.[CH2]=[Zr+2].[Cl-].[Cl-]. The van der Waals surface area contributed by atoms with Crippen LogP contribution in [-0.2, 0) is 24.2 Å². The molecule has 0 spiro atoms. The minimum absolute atomic E-state index is 0. The van der Waals surface area contributed by atoms with Gasteiger partial charge in [0.2, 0.25) is 0 Å². The molecule has 2 aliphatic carbocycles. The Bertz CT molecular complexity index is 366. The molecule has 19 heavy (non-hydrogen) atoms. The minimum Gasteiger partial charge on any atom is -1.00 e. The number of hydrogen-bond acceptors (Lipinski definition) is 0. The summed E-state index contributed by atoms with van der Waals surface area (Å²) in [5, 5.41) is 0. The Morgan fingerprint density at radius 2 is 1.47 bits per heavy atom. The third-order valence-corrected chi connectivity index (χ3v) is 3.19. The van der Waals surface area contributed by atoms with Crippen molar-refractivity contribution in [2.24, 2.45) is 0 Å². The fourth-order valence-corrected chi connectivity index (χ4v) is 1.50. The summed E-state index contributed by atoms with van der Waals surface area (Å²) >= 11 is 1.30. The predicted octanol–water partition coefficient (Wildman–Crippen LogP) is -1.46. The second-order valence-corrected chi connectivity index (χ2v) is 4.28. The maximum Gasteiger partial charge on any atom is -1.00 e. The molecule has 106 valence electrons. The van der Waals surface area contributed by atoms with E-state index in [0.717, 1.165) is 12.8 Å². The molecule has 0 N–H and O–H groups in total. The van der Waals surface area contributed by atoms with Crippen LogP contribution in [0.25, 0.3) is 0 Å². The summed E-state index contributed by atoms with van der Waals surface area (Å²) in [4.78, 5) is 0. The standard InChI is InChI=1S/C8H11.C7H9.CH2.2ClH.Zr/c1-6-4-5-7(2)8(6)3;1-6-4-3-5-7(6)2;;;;/h4H2,1-3H3;4H,3H2,1-2H3;1H2;2*1H;/q2*-1;;;;+2/p-2. The molecule has 0 saturated heterocycles. The van der Waals surface area contributed by atoms with Gasteiger partial charge in [-0.3, -0.25) is 12.2 Å². The van der Waals surface area contributed by atoms with E-state index in [1.807, 2.05) is 0 Å². The molecule has 0 unspecified atom stereocenters. The van der Waals surface area contributed by atoms with Crippen molar-refractivity contribution in [1.29, 1.82) is 0 Å². The summed E-state index contributed by atoms with van der Waals surface area (Å²) in [6.07, 6.45) is 10.7. The fourth-order valence-electron chi connectivity index (χ4n) is 1.50. The van der Waals surface area contributed by atoms with Crippen LogP contribution >= 0.6 is 0 Å². The van der Waals surface area contributed by atoms with Crippen LogP contribution in [0, 0.1) is 12.2 Å². The van der Waals surface area contributed by atoms with Gasteiger partial charge in [-0.2, -0.15) is 17.2 Å². The van der Waals surface area contributed by atoms with E-state index >= 15 is 0 Å². The average Bonchev–Trinajstić information content (AvgIpc) is 2.84. The number of rotatable bonds is 0. The molecule has 3 heteroatoms. The van der Waals surface area contributed by atoms with Crippen molar-refractivity contribution in [3.8, 4) is 0 Å². The van der Waals surface area contributed by atoms with Gasteiger partial charge < -0.3 is 24.8 Å². The van der Waals surface area contributed by atoms with Crippen LogP contribution in [0.15, 0.2) is 33.9 Å². The minimum atomic E-state index is 0. The normalized spacial score (nSPS) is 15.6. The van der Waals surface area contributed by atoms with Crippen molar-refractivity contribution in [3.63, 3.8) is 0 Å². The molecule has 0 aliphatic heterocycles. The summed E-state index contributed by atoms with van der Waals surface area (Å²) in [7, 11) is 0. The molecule has 0 aromatic rings. The molecule has 0 bridgehead atoms. The third kappa shape index (κ3) is 8.95. The van der Waals surface area contributed by atoms with Gasteiger partial charge in [0.15, 0.2) is 0 Å². The topological polar surface area (TPSA) is 0 Å². The molecule has 0 heterocycles. The Morgan fingerprint density at radius 3 is 1.58 bits per heavy atom. The van der Waals surface area contributed by atoms with Gasteiger partial charge in [0.1, 0.15) is 0 Å². The van der Waals surface area contributed by atoms with E-state index in [9.17, 15) is 0 Å². The molecule has 0 atom stereocenters. The van der Waals surface area contributed by atoms with Gasteiger partial charge in [-0.25, -0.2) is 16.7 Å². The Balaban J connectivity index is -0.000000219. The van der Waals surface area contributed by atoms with Crippen molar-refractivity contribution >= 4 is 4.21 Å². The van der Waals surface area contributed by atoms with E-state index in [-0.39, 0.29) is 24.8 Å². The Morgan fingerprint density at radius 1 is 0.947 bits per heavy atom. The zero-order valence-corrected chi connectivity index (χ0v) is 16.4. The monoisotopic (exact) mass is 374 g/mol. The van der Waals surface area contributed by atoms with E-state index in [0.29, 0.717) is 0 Å². The average molecular weight is 376 g/mol. The van der Waals surface area contributed by atoms with Crippen LogP contribution in [0.3, 0.4) is 0 Å². The van der Waals surface area contributed by atoms with Gasteiger partial charge in [-0.05, 0) is 0 Å². The zero-order chi connectivity index (χ0) is 13.4. The van der Waals surface area contributed by atoms with E-state index in [4.69, 9.17) is 0 Å². The quantitative estimate of drug-likeness (QED) is 0.453. The van der Waals surface area contributed by atoms with Crippen LogP contribution in [0.5, 0.6) is 0 Å². The van der Waals surface area contributed by atoms with Crippen molar-refractivity contribution in [2.45, 2.75) is 47.5 Å². The Labute approximate surface area is 146 Å². The first-order chi connectivity index (χ1) is 8.02. The molecule has 0 aromatic carbocycles. The van der Waals surface area contributed by atoms with E-state index in [1.165, 1.54) is 52.1 Å². The summed E-state index contributed by atoms with van der Waals surface area (Å²) in [5.41, 5.74) is 6.95. The molecule has 0 radical (unpaired) electrons. The first-order valence-electron chi connectivity index (χ1n) is 5.86. The summed E-state index contributed by atoms with van der Waals surface area (Å²) in [6.45, 7) is 10.7. The smallest absolute Gasteiger partial charge is 1.00 e. The van der Waals surface area contributed by atoms with Gasteiger partial charge in [0.05, 0.1) is 0 Å². The van der Waals surface area contributed by atoms with Gasteiger partial charge >= 0.3 is 28.4 Å². The molecule has 0 amide bonds. The Kier molecular flexibility index (Phi) is 17.0. The van der Waals surface area contributed by atoms with E-state index in [2.05, 4.69) is 57.1 Å². The van der Waals surface area contributed by atoms with Crippen LogP contribution < -0.4 is 24.8 Å². The summed E-state index contributed by atoms with van der Waals surface area (Å²) < 4.78 is 3.34. The zero-order valence-electron chi connectivity index (χ0n) is 12.5. The fraction of sp³-hybridized carbons (Fsp3) is 0.438.